The van der Waals surface area contributed by atoms with E-state index in [0.29, 0.717) is 0 Å². The van der Waals surface area contributed by atoms with Crippen LogP contribution in [0.3, 0.4) is 0 Å². The fourth-order valence-corrected chi connectivity index (χ4v) is 5.84. The Morgan fingerprint density at radius 2 is 0.784 bits per heavy atom. The monoisotopic (exact) mass is 513 g/mol. The minimum atomic E-state index is -0.120. The molecule has 0 bridgehead atoms. The van der Waals surface area contributed by atoms with Crippen molar-refractivity contribution in [3.8, 4) is 0 Å². The van der Waals surface area contributed by atoms with E-state index in [-0.39, 0.29) is 27.1 Å². The summed E-state index contributed by atoms with van der Waals surface area (Å²) in [5.41, 5.74) is 5.87. The maximum atomic E-state index is 3.56. The molecule has 3 aromatic carbocycles. The van der Waals surface area contributed by atoms with Crippen molar-refractivity contribution >= 4 is 10.9 Å². The van der Waals surface area contributed by atoms with Crippen LogP contribution < -0.4 is 0 Å². The molecule has 3 rings (SSSR count). The molecule has 0 amide bonds. The largest absolute Gasteiger partial charge is 0.166 e. The van der Waals surface area contributed by atoms with Gasteiger partial charge in [0.1, 0.15) is 0 Å². The molecule has 0 spiro atoms. The first-order valence-corrected chi connectivity index (χ1v) is 14.6. The van der Waals surface area contributed by atoms with Crippen molar-refractivity contribution in [2.24, 2.45) is 0 Å². The van der Waals surface area contributed by atoms with Crippen LogP contribution in [0.15, 0.2) is 112 Å². The van der Waals surface area contributed by atoms with Crippen LogP contribution in [-0.2, 0) is 27.1 Å². The number of benzene rings is 3. The second kappa shape index (κ2) is 12.4. The number of hydrogen-bond acceptors (Lipinski definition) is 0. The van der Waals surface area contributed by atoms with Crippen molar-refractivity contribution in [2.75, 3.05) is 0 Å². The standard InChI is InChI=1S/C30H39S.C6H10/c1-28(2,3)22-10-16-25(17-11-22)31(26-18-12-23(13-19-26)29(4,5)6)27-20-14-24(15-21-27)30(7,8)9;1-4-6(3)5-2/h10-21H,1-9H3;4-5H,1H2,2-3H3/q+1;/b;6-5-. The average Bonchev–Trinajstić information content (AvgIpc) is 2.83. The van der Waals surface area contributed by atoms with E-state index >= 15 is 0 Å². The predicted molar refractivity (Wildman–Crippen MR) is 167 cm³/mol. The third kappa shape index (κ3) is 8.78. The van der Waals surface area contributed by atoms with E-state index in [2.05, 4.69) is 142 Å². The summed E-state index contributed by atoms with van der Waals surface area (Å²) in [5, 5.41) is 0. The summed E-state index contributed by atoms with van der Waals surface area (Å²) in [7, 11) is -0.120. The Morgan fingerprint density at radius 1 is 0.541 bits per heavy atom. The topological polar surface area (TPSA) is 0 Å². The Labute approximate surface area is 231 Å². The highest BCUT2D eigenvalue weighted by Crippen LogP contribution is 2.35. The Kier molecular flexibility index (Phi) is 10.3. The number of rotatable bonds is 4. The summed E-state index contributed by atoms with van der Waals surface area (Å²) in [5.74, 6) is 0. The van der Waals surface area contributed by atoms with Gasteiger partial charge in [0, 0.05) is 0 Å². The second-order valence-corrected chi connectivity index (χ2v) is 14.9. The van der Waals surface area contributed by atoms with Gasteiger partial charge in [-0.05, 0) is 83.2 Å². The zero-order chi connectivity index (χ0) is 28.0. The Hall–Kier alpha value is -2.51. The lowest BCUT2D eigenvalue weighted by molar-refractivity contribution is 0.589. The Balaban J connectivity index is 0.000000717. The van der Waals surface area contributed by atoms with Crippen LogP contribution in [0.4, 0.5) is 0 Å². The van der Waals surface area contributed by atoms with Gasteiger partial charge in [-0.1, -0.05) is 123 Å². The Bertz CT molecular complexity index is 1020. The molecule has 0 N–H and O–H groups in total. The normalized spacial score (nSPS) is 12.7. The first kappa shape index (κ1) is 30.7. The number of allylic oxidation sites excluding steroid dienone is 3. The molecule has 0 fully saturated rings. The molecule has 198 valence electrons. The van der Waals surface area contributed by atoms with Gasteiger partial charge >= 0.3 is 0 Å². The van der Waals surface area contributed by atoms with Crippen LogP contribution in [0.5, 0.6) is 0 Å². The molecule has 3 aromatic rings. The molecule has 1 heteroatoms. The van der Waals surface area contributed by atoms with E-state index in [9.17, 15) is 0 Å². The zero-order valence-corrected chi connectivity index (χ0v) is 26.0. The molecule has 0 aromatic heterocycles. The van der Waals surface area contributed by atoms with E-state index in [1.54, 1.807) is 0 Å². The number of hydrogen-bond donors (Lipinski definition) is 0. The van der Waals surface area contributed by atoms with E-state index < -0.39 is 0 Å². The van der Waals surface area contributed by atoms with E-state index in [0.717, 1.165) is 0 Å². The van der Waals surface area contributed by atoms with Gasteiger partial charge in [-0.15, -0.1) is 0 Å². The fraction of sp³-hybridized carbons (Fsp3) is 0.389. The molecule has 0 radical (unpaired) electrons. The van der Waals surface area contributed by atoms with Crippen molar-refractivity contribution in [3.05, 3.63) is 114 Å². The maximum absolute atomic E-state index is 3.56. The highest BCUT2D eigenvalue weighted by atomic mass is 32.2. The summed E-state index contributed by atoms with van der Waals surface area (Å²) >= 11 is 0. The summed E-state index contributed by atoms with van der Waals surface area (Å²) < 4.78 is 0. The Morgan fingerprint density at radius 3 is 0.919 bits per heavy atom. The minimum Gasteiger partial charge on any atom is -0.0988 e. The molecule has 0 aliphatic carbocycles. The van der Waals surface area contributed by atoms with Crippen LogP contribution in [0.25, 0.3) is 0 Å². The minimum absolute atomic E-state index is 0.120. The lowest BCUT2D eigenvalue weighted by Gasteiger charge is -2.21. The fourth-order valence-electron chi connectivity index (χ4n) is 3.80. The molecular formula is C36H49S+. The summed E-state index contributed by atoms with van der Waals surface area (Å²) in [4.78, 5) is 4.13. The third-order valence-corrected chi connectivity index (χ3v) is 8.88. The van der Waals surface area contributed by atoms with Gasteiger partial charge in [-0.2, -0.15) is 0 Å². The lowest BCUT2D eigenvalue weighted by Crippen LogP contribution is -2.13. The summed E-state index contributed by atoms with van der Waals surface area (Å²) in [6.45, 7) is 28.1. The van der Waals surface area contributed by atoms with E-state index in [1.807, 2.05) is 26.0 Å². The van der Waals surface area contributed by atoms with Crippen LogP contribution in [0, 0.1) is 0 Å². The van der Waals surface area contributed by atoms with Gasteiger partial charge in [0.2, 0.25) is 0 Å². The molecular weight excluding hydrogens is 464 g/mol. The molecule has 0 saturated carbocycles. The van der Waals surface area contributed by atoms with Crippen LogP contribution in [0.2, 0.25) is 0 Å². The van der Waals surface area contributed by atoms with Crippen molar-refractivity contribution < 1.29 is 0 Å². The zero-order valence-electron chi connectivity index (χ0n) is 25.2. The molecule has 0 saturated heterocycles. The first-order chi connectivity index (χ1) is 17.1. The van der Waals surface area contributed by atoms with Gasteiger partial charge in [0.05, 0.1) is 10.9 Å². The smallest absolute Gasteiger partial charge is 0.0988 e. The summed E-state index contributed by atoms with van der Waals surface area (Å²) in [6.07, 6.45) is 3.85. The van der Waals surface area contributed by atoms with Gasteiger partial charge in [-0.3, -0.25) is 0 Å². The SMILES string of the molecule is C=C/C(C)=C\C.CC(C)(C)c1ccc([S+](c2ccc(C(C)(C)C)cc2)c2ccc(C(C)(C)C)cc2)cc1. The van der Waals surface area contributed by atoms with Crippen molar-refractivity contribution in [2.45, 2.75) is 107 Å². The van der Waals surface area contributed by atoms with E-state index in [1.165, 1.54) is 36.9 Å². The molecule has 0 aliphatic rings. The van der Waals surface area contributed by atoms with Crippen LogP contribution >= 0.6 is 0 Å². The molecule has 37 heavy (non-hydrogen) atoms. The van der Waals surface area contributed by atoms with Crippen LogP contribution in [-0.4, -0.2) is 0 Å². The van der Waals surface area contributed by atoms with Crippen LogP contribution in [0.1, 0.15) is 92.9 Å². The first-order valence-electron chi connectivity index (χ1n) is 13.4. The lowest BCUT2D eigenvalue weighted by atomic mass is 9.87. The van der Waals surface area contributed by atoms with Crippen molar-refractivity contribution in [3.63, 3.8) is 0 Å². The quantitative estimate of drug-likeness (QED) is 0.240. The molecule has 0 unspecified atom stereocenters. The molecule has 0 heterocycles. The molecule has 0 aliphatic heterocycles. The van der Waals surface area contributed by atoms with Gasteiger partial charge in [-0.25, -0.2) is 0 Å². The van der Waals surface area contributed by atoms with Gasteiger partial charge < -0.3 is 0 Å². The highest BCUT2D eigenvalue weighted by molar-refractivity contribution is 7.97. The second-order valence-electron chi connectivity index (χ2n) is 12.9. The van der Waals surface area contributed by atoms with Gasteiger partial charge in [0.15, 0.2) is 14.7 Å². The third-order valence-electron chi connectivity index (χ3n) is 6.65. The maximum Gasteiger partial charge on any atom is 0.166 e. The highest BCUT2D eigenvalue weighted by Gasteiger charge is 2.30. The predicted octanol–water partition coefficient (Wildman–Crippen LogP) is 10.8. The summed E-state index contributed by atoms with van der Waals surface area (Å²) in [6, 6.07) is 27.8. The van der Waals surface area contributed by atoms with E-state index in [4.69, 9.17) is 0 Å². The van der Waals surface area contributed by atoms with Crippen molar-refractivity contribution in [1.82, 2.24) is 0 Å². The molecule has 0 atom stereocenters. The van der Waals surface area contributed by atoms with Gasteiger partial charge in [0.25, 0.3) is 0 Å². The molecule has 0 nitrogen and oxygen atoms in total. The van der Waals surface area contributed by atoms with Crippen molar-refractivity contribution in [1.29, 1.82) is 0 Å². The average molecular weight is 514 g/mol.